The van der Waals surface area contributed by atoms with Gasteiger partial charge in [-0.1, -0.05) is 19.9 Å². The van der Waals surface area contributed by atoms with Crippen molar-refractivity contribution in [2.45, 2.75) is 37.6 Å². The molecule has 1 rings (SSSR count). The van der Waals surface area contributed by atoms with Gasteiger partial charge in [0.25, 0.3) is 0 Å². The van der Waals surface area contributed by atoms with Crippen LogP contribution in [0, 0.1) is 0 Å². The van der Waals surface area contributed by atoms with Crippen molar-refractivity contribution in [1.29, 1.82) is 0 Å². The molecule has 0 aliphatic heterocycles. The third-order valence-electron chi connectivity index (χ3n) is 2.67. The minimum atomic E-state index is 0.603. The van der Waals surface area contributed by atoms with Crippen molar-refractivity contribution in [3.8, 4) is 5.75 Å². The number of methoxy groups -OCH3 is 1. The molecular formula is C14H23NOS. The van der Waals surface area contributed by atoms with E-state index in [0.717, 1.165) is 18.0 Å². The van der Waals surface area contributed by atoms with Crippen LogP contribution in [0.2, 0.25) is 0 Å². The first-order valence-corrected chi connectivity index (χ1v) is 7.29. The molecule has 2 nitrogen and oxygen atoms in total. The van der Waals surface area contributed by atoms with Crippen LogP contribution in [0.25, 0.3) is 0 Å². The Labute approximate surface area is 109 Å². The third kappa shape index (κ3) is 5.46. The molecule has 1 N–H and O–H groups in total. The highest BCUT2D eigenvalue weighted by molar-refractivity contribution is 7.99. The van der Waals surface area contributed by atoms with E-state index in [-0.39, 0.29) is 0 Å². The number of ether oxygens (including phenoxy) is 1. The summed E-state index contributed by atoms with van der Waals surface area (Å²) in [7, 11) is 1.71. The predicted octanol–water partition coefficient (Wildman–Crippen LogP) is 3.57. The molecule has 0 spiro atoms. The lowest BCUT2D eigenvalue weighted by Gasteiger charge is -2.16. The van der Waals surface area contributed by atoms with Gasteiger partial charge in [0, 0.05) is 16.7 Å². The normalized spacial score (nSPS) is 12.4. The SMILES string of the molecule is CCCNC(CC)CSc1cccc(OC)c1. The summed E-state index contributed by atoms with van der Waals surface area (Å²) >= 11 is 1.89. The zero-order valence-corrected chi connectivity index (χ0v) is 11.8. The molecule has 1 atom stereocenters. The topological polar surface area (TPSA) is 21.3 Å². The third-order valence-corrected chi connectivity index (χ3v) is 3.82. The van der Waals surface area contributed by atoms with Crippen LogP contribution in [-0.2, 0) is 0 Å². The van der Waals surface area contributed by atoms with Gasteiger partial charge in [-0.05, 0) is 37.6 Å². The molecule has 1 aromatic rings. The Bertz CT molecular complexity index is 317. The Hall–Kier alpha value is -0.670. The fourth-order valence-corrected chi connectivity index (χ4v) is 2.68. The molecule has 0 bridgehead atoms. The second-order valence-corrected chi connectivity index (χ2v) is 5.14. The van der Waals surface area contributed by atoms with Gasteiger partial charge in [0.05, 0.1) is 7.11 Å². The van der Waals surface area contributed by atoms with E-state index in [1.165, 1.54) is 17.7 Å². The Morgan fingerprint density at radius 1 is 1.35 bits per heavy atom. The molecule has 0 fully saturated rings. The van der Waals surface area contributed by atoms with Crippen LogP contribution >= 0.6 is 11.8 Å². The summed E-state index contributed by atoms with van der Waals surface area (Å²) in [5.74, 6) is 2.05. The fourth-order valence-electron chi connectivity index (χ4n) is 1.56. The Morgan fingerprint density at radius 2 is 2.18 bits per heavy atom. The van der Waals surface area contributed by atoms with Gasteiger partial charge >= 0.3 is 0 Å². The maximum Gasteiger partial charge on any atom is 0.119 e. The van der Waals surface area contributed by atoms with Gasteiger partial charge in [0.1, 0.15) is 5.75 Å². The summed E-state index contributed by atoms with van der Waals surface area (Å²) in [6, 6.07) is 8.86. The lowest BCUT2D eigenvalue weighted by molar-refractivity contribution is 0.413. The molecule has 0 amide bonds. The number of benzene rings is 1. The van der Waals surface area contributed by atoms with Crippen LogP contribution in [0.4, 0.5) is 0 Å². The average molecular weight is 253 g/mol. The zero-order chi connectivity index (χ0) is 12.5. The lowest BCUT2D eigenvalue weighted by atomic mass is 10.2. The van der Waals surface area contributed by atoms with Crippen molar-refractivity contribution in [1.82, 2.24) is 5.32 Å². The standard InChI is InChI=1S/C14H23NOS/c1-4-9-15-12(5-2)11-17-14-8-6-7-13(10-14)16-3/h6-8,10,12,15H,4-5,9,11H2,1-3H3. The minimum Gasteiger partial charge on any atom is -0.497 e. The van der Waals surface area contributed by atoms with E-state index in [0.29, 0.717) is 6.04 Å². The Balaban J connectivity index is 2.41. The second kappa shape index (κ2) is 8.43. The largest absolute Gasteiger partial charge is 0.497 e. The van der Waals surface area contributed by atoms with Crippen LogP contribution in [-0.4, -0.2) is 25.4 Å². The van der Waals surface area contributed by atoms with Crippen LogP contribution in [0.15, 0.2) is 29.2 Å². The second-order valence-electron chi connectivity index (χ2n) is 4.05. The number of hydrogen-bond donors (Lipinski definition) is 1. The van der Waals surface area contributed by atoms with Gasteiger partial charge in [-0.15, -0.1) is 11.8 Å². The first kappa shape index (κ1) is 14.4. The zero-order valence-electron chi connectivity index (χ0n) is 11.0. The molecule has 1 unspecified atom stereocenters. The highest BCUT2D eigenvalue weighted by Gasteiger charge is 2.05. The fraction of sp³-hybridized carbons (Fsp3) is 0.571. The number of nitrogens with one attached hydrogen (secondary N) is 1. The lowest BCUT2D eigenvalue weighted by Crippen LogP contribution is -2.31. The summed E-state index contributed by atoms with van der Waals surface area (Å²) in [6.07, 6.45) is 2.37. The Morgan fingerprint density at radius 3 is 2.82 bits per heavy atom. The summed E-state index contributed by atoms with van der Waals surface area (Å²) in [5, 5.41) is 3.57. The van der Waals surface area contributed by atoms with E-state index in [1.54, 1.807) is 7.11 Å². The first-order valence-electron chi connectivity index (χ1n) is 6.30. The molecule has 0 aliphatic rings. The van der Waals surface area contributed by atoms with Gasteiger partial charge in [0.15, 0.2) is 0 Å². The van der Waals surface area contributed by atoms with Crippen molar-refractivity contribution in [2.75, 3.05) is 19.4 Å². The quantitative estimate of drug-likeness (QED) is 0.716. The molecule has 3 heteroatoms. The number of rotatable bonds is 8. The van der Waals surface area contributed by atoms with Gasteiger partial charge in [0.2, 0.25) is 0 Å². The maximum atomic E-state index is 5.22. The number of hydrogen-bond acceptors (Lipinski definition) is 3. The van der Waals surface area contributed by atoms with Crippen molar-refractivity contribution in [3.63, 3.8) is 0 Å². The van der Waals surface area contributed by atoms with Gasteiger partial charge in [-0.2, -0.15) is 0 Å². The summed E-state index contributed by atoms with van der Waals surface area (Å²) < 4.78 is 5.22. The van der Waals surface area contributed by atoms with E-state index in [9.17, 15) is 0 Å². The molecule has 1 aromatic carbocycles. The van der Waals surface area contributed by atoms with Gasteiger partial charge in [-0.3, -0.25) is 0 Å². The molecule has 0 saturated carbocycles. The molecule has 0 heterocycles. The molecule has 0 aliphatic carbocycles. The van der Waals surface area contributed by atoms with Crippen molar-refractivity contribution in [3.05, 3.63) is 24.3 Å². The molecule has 96 valence electrons. The van der Waals surface area contributed by atoms with Crippen molar-refractivity contribution < 1.29 is 4.74 Å². The highest BCUT2D eigenvalue weighted by atomic mass is 32.2. The van der Waals surface area contributed by atoms with E-state index < -0.39 is 0 Å². The van der Waals surface area contributed by atoms with Crippen LogP contribution in [0.3, 0.4) is 0 Å². The summed E-state index contributed by atoms with van der Waals surface area (Å²) in [4.78, 5) is 1.28. The number of thioether (sulfide) groups is 1. The molecular weight excluding hydrogens is 230 g/mol. The van der Waals surface area contributed by atoms with Crippen molar-refractivity contribution >= 4 is 11.8 Å². The molecule has 17 heavy (non-hydrogen) atoms. The highest BCUT2D eigenvalue weighted by Crippen LogP contribution is 2.23. The van der Waals surface area contributed by atoms with Gasteiger partial charge < -0.3 is 10.1 Å². The maximum absolute atomic E-state index is 5.22. The predicted molar refractivity (Wildman–Crippen MR) is 76.1 cm³/mol. The van der Waals surface area contributed by atoms with E-state index in [1.807, 2.05) is 23.9 Å². The minimum absolute atomic E-state index is 0.603. The Kier molecular flexibility index (Phi) is 7.13. The van der Waals surface area contributed by atoms with Crippen LogP contribution < -0.4 is 10.1 Å². The smallest absolute Gasteiger partial charge is 0.119 e. The summed E-state index contributed by atoms with van der Waals surface area (Å²) in [6.45, 7) is 5.55. The molecule has 0 saturated heterocycles. The van der Waals surface area contributed by atoms with Crippen LogP contribution in [0.1, 0.15) is 26.7 Å². The average Bonchev–Trinajstić information content (AvgIpc) is 2.39. The monoisotopic (exact) mass is 253 g/mol. The van der Waals surface area contributed by atoms with E-state index in [4.69, 9.17) is 4.74 Å². The molecule has 0 radical (unpaired) electrons. The first-order chi connectivity index (χ1) is 8.30. The van der Waals surface area contributed by atoms with Crippen LogP contribution in [0.5, 0.6) is 5.75 Å². The summed E-state index contributed by atoms with van der Waals surface area (Å²) in [5.41, 5.74) is 0. The molecule has 0 aromatic heterocycles. The van der Waals surface area contributed by atoms with E-state index in [2.05, 4.69) is 31.3 Å². The van der Waals surface area contributed by atoms with Crippen molar-refractivity contribution in [2.24, 2.45) is 0 Å². The van der Waals surface area contributed by atoms with Gasteiger partial charge in [-0.25, -0.2) is 0 Å². The van der Waals surface area contributed by atoms with E-state index >= 15 is 0 Å².